The molecule has 0 saturated heterocycles. The molecule has 1 heterocycles. The van der Waals surface area contributed by atoms with Crippen LogP contribution in [-0.2, 0) is 16.6 Å². The van der Waals surface area contributed by atoms with E-state index in [-0.39, 0.29) is 5.16 Å². The summed E-state index contributed by atoms with van der Waals surface area (Å²) in [7, 11) is -3.90. The van der Waals surface area contributed by atoms with Gasteiger partial charge in [0, 0.05) is 21.1 Å². The van der Waals surface area contributed by atoms with E-state index in [9.17, 15) is 8.42 Å². The molecule has 2 rings (SSSR count). The van der Waals surface area contributed by atoms with Gasteiger partial charge in [0.1, 0.15) is 0 Å². The molecule has 0 bridgehead atoms. The molecule has 0 amide bonds. The topological polar surface area (TPSA) is 90.9 Å². The molecule has 0 fully saturated rings. The Labute approximate surface area is 133 Å². The molecule has 0 saturated carbocycles. The van der Waals surface area contributed by atoms with Gasteiger partial charge >= 0.3 is 0 Å². The summed E-state index contributed by atoms with van der Waals surface area (Å²) in [4.78, 5) is 0. The Kier molecular flexibility index (Phi) is 4.62. The SMILES string of the molecule is CCCn1c(-c2cc(Br)cc(Br)c2)nnc1S(N)(=O)=O. The Morgan fingerprint density at radius 3 is 2.30 bits per heavy atom. The van der Waals surface area contributed by atoms with Crippen LogP contribution < -0.4 is 5.14 Å². The van der Waals surface area contributed by atoms with Crippen LogP contribution in [-0.4, -0.2) is 23.2 Å². The summed E-state index contributed by atoms with van der Waals surface area (Å²) in [5.41, 5.74) is 0.752. The monoisotopic (exact) mass is 422 g/mol. The number of aromatic nitrogens is 3. The minimum absolute atomic E-state index is 0.217. The van der Waals surface area contributed by atoms with E-state index < -0.39 is 10.0 Å². The van der Waals surface area contributed by atoms with Crippen molar-refractivity contribution >= 4 is 41.9 Å². The highest BCUT2D eigenvalue weighted by Crippen LogP contribution is 2.27. The van der Waals surface area contributed by atoms with Crippen molar-refractivity contribution in [3.05, 3.63) is 27.1 Å². The molecule has 108 valence electrons. The van der Waals surface area contributed by atoms with Gasteiger partial charge in [0.25, 0.3) is 15.2 Å². The molecule has 0 aliphatic heterocycles. The van der Waals surface area contributed by atoms with Crippen molar-refractivity contribution in [1.82, 2.24) is 14.8 Å². The molecule has 0 radical (unpaired) electrons. The largest absolute Gasteiger partial charge is 0.297 e. The van der Waals surface area contributed by atoms with E-state index in [1.54, 1.807) is 0 Å². The number of nitrogens with zero attached hydrogens (tertiary/aromatic N) is 3. The molecule has 6 nitrogen and oxygen atoms in total. The molecule has 0 aliphatic carbocycles. The van der Waals surface area contributed by atoms with Crippen LogP contribution in [0.2, 0.25) is 0 Å². The van der Waals surface area contributed by atoms with Gasteiger partial charge in [0.05, 0.1) is 0 Å². The highest BCUT2D eigenvalue weighted by molar-refractivity contribution is 9.11. The smallest absolute Gasteiger partial charge is 0.273 e. The van der Waals surface area contributed by atoms with Crippen LogP contribution in [0, 0.1) is 0 Å². The lowest BCUT2D eigenvalue weighted by Crippen LogP contribution is -2.19. The Morgan fingerprint density at radius 1 is 1.20 bits per heavy atom. The maximum Gasteiger partial charge on any atom is 0.273 e. The third kappa shape index (κ3) is 3.27. The van der Waals surface area contributed by atoms with Crippen molar-refractivity contribution in [2.45, 2.75) is 25.0 Å². The van der Waals surface area contributed by atoms with Crippen molar-refractivity contribution in [2.24, 2.45) is 5.14 Å². The minimum atomic E-state index is -3.90. The molecule has 20 heavy (non-hydrogen) atoms. The molecule has 0 atom stereocenters. The molecule has 2 N–H and O–H groups in total. The summed E-state index contributed by atoms with van der Waals surface area (Å²) < 4.78 is 26.3. The zero-order valence-corrected chi connectivity index (χ0v) is 14.5. The summed E-state index contributed by atoms with van der Waals surface area (Å²) in [5.74, 6) is 0.470. The molecule has 0 aliphatic rings. The van der Waals surface area contributed by atoms with Crippen molar-refractivity contribution in [1.29, 1.82) is 0 Å². The first-order valence-corrected chi connectivity index (χ1v) is 8.88. The summed E-state index contributed by atoms with van der Waals surface area (Å²) in [6, 6.07) is 5.56. The molecular weight excluding hydrogens is 412 g/mol. The predicted octanol–water partition coefficient (Wildman–Crippen LogP) is 2.53. The van der Waals surface area contributed by atoms with Gasteiger partial charge in [-0.2, -0.15) is 0 Å². The van der Waals surface area contributed by atoms with E-state index in [1.807, 2.05) is 25.1 Å². The molecule has 1 aromatic carbocycles. The summed E-state index contributed by atoms with van der Waals surface area (Å²) >= 11 is 6.78. The second-order valence-corrected chi connectivity index (χ2v) is 7.45. The van der Waals surface area contributed by atoms with Gasteiger partial charge in [0.15, 0.2) is 5.82 Å². The first-order valence-electron chi connectivity index (χ1n) is 5.75. The van der Waals surface area contributed by atoms with Crippen molar-refractivity contribution in [3.8, 4) is 11.4 Å². The van der Waals surface area contributed by atoms with Gasteiger partial charge in [-0.05, 0) is 24.6 Å². The lowest BCUT2D eigenvalue weighted by atomic mass is 10.2. The fourth-order valence-electron chi connectivity index (χ4n) is 1.82. The van der Waals surface area contributed by atoms with E-state index in [4.69, 9.17) is 5.14 Å². The van der Waals surface area contributed by atoms with Crippen LogP contribution in [0.15, 0.2) is 32.3 Å². The Balaban J connectivity index is 2.65. The number of sulfonamides is 1. The van der Waals surface area contributed by atoms with Gasteiger partial charge in [-0.25, -0.2) is 13.6 Å². The van der Waals surface area contributed by atoms with E-state index in [1.165, 1.54) is 4.57 Å². The highest BCUT2D eigenvalue weighted by Gasteiger charge is 2.21. The minimum Gasteiger partial charge on any atom is -0.297 e. The standard InChI is InChI=1S/C11H12Br2N4O2S/c1-2-3-17-10(15-16-11(17)20(14,18)19)7-4-8(12)6-9(13)5-7/h4-6H,2-3H2,1H3,(H2,14,18,19). The molecule has 0 spiro atoms. The number of hydrogen-bond donors (Lipinski definition) is 1. The number of primary sulfonamides is 1. The molecule has 9 heteroatoms. The Bertz CT molecular complexity index is 723. The summed E-state index contributed by atoms with van der Waals surface area (Å²) in [6.45, 7) is 2.41. The fraction of sp³-hybridized carbons (Fsp3) is 0.273. The predicted molar refractivity (Wildman–Crippen MR) is 82.5 cm³/mol. The second-order valence-electron chi connectivity index (χ2n) is 4.16. The van der Waals surface area contributed by atoms with Gasteiger partial charge in [0.2, 0.25) is 0 Å². The third-order valence-electron chi connectivity index (χ3n) is 2.54. The van der Waals surface area contributed by atoms with Crippen LogP contribution in [0.4, 0.5) is 0 Å². The highest BCUT2D eigenvalue weighted by atomic mass is 79.9. The number of nitrogens with two attached hydrogens (primary N) is 1. The van der Waals surface area contributed by atoms with Gasteiger partial charge in [-0.1, -0.05) is 38.8 Å². The maximum atomic E-state index is 11.5. The molecule has 1 aromatic heterocycles. The average Bonchev–Trinajstić information content (AvgIpc) is 2.71. The lowest BCUT2D eigenvalue weighted by molar-refractivity contribution is 0.559. The zero-order valence-electron chi connectivity index (χ0n) is 10.5. The van der Waals surface area contributed by atoms with Gasteiger partial charge in [-0.15, -0.1) is 10.2 Å². The quantitative estimate of drug-likeness (QED) is 0.817. The van der Waals surface area contributed by atoms with Crippen LogP contribution in [0.3, 0.4) is 0 Å². The van der Waals surface area contributed by atoms with Gasteiger partial charge in [-0.3, -0.25) is 4.57 Å². The molecular formula is C11H12Br2N4O2S. The van der Waals surface area contributed by atoms with Crippen molar-refractivity contribution in [3.63, 3.8) is 0 Å². The Hall–Kier alpha value is -0.770. The average molecular weight is 424 g/mol. The number of rotatable bonds is 4. The van der Waals surface area contributed by atoms with E-state index in [2.05, 4.69) is 42.1 Å². The zero-order chi connectivity index (χ0) is 14.9. The summed E-state index contributed by atoms with van der Waals surface area (Å²) in [5, 5.41) is 12.6. The molecule has 0 unspecified atom stereocenters. The lowest BCUT2D eigenvalue weighted by Gasteiger charge is -2.08. The fourth-order valence-corrected chi connectivity index (χ4v) is 3.75. The van der Waals surface area contributed by atoms with E-state index >= 15 is 0 Å². The van der Waals surface area contributed by atoms with Crippen LogP contribution in [0.25, 0.3) is 11.4 Å². The first kappa shape index (κ1) is 15.6. The third-order valence-corrected chi connectivity index (χ3v) is 4.27. The normalized spacial score (nSPS) is 11.8. The van der Waals surface area contributed by atoms with Gasteiger partial charge < -0.3 is 0 Å². The number of halogens is 2. The second kappa shape index (κ2) is 5.92. The van der Waals surface area contributed by atoms with Crippen molar-refractivity contribution < 1.29 is 8.42 Å². The Morgan fingerprint density at radius 2 is 1.80 bits per heavy atom. The van der Waals surface area contributed by atoms with Crippen LogP contribution in [0.5, 0.6) is 0 Å². The van der Waals surface area contributed by atoms with Crippen LogP contribution >= 0.6 is 31.9 Å². The summed E-state index contributed by atoms with van der Waals surface area (Å²) in [6.07, 6.45) is 0.739. The maximum absolute atomic E-state index is 11.5. The van der Waals surface area contributed by atoms with E-state index in [0.717, 1.165) is 20.9 Å². The number of benzene rings is 1. The first-order chi connectivity index (χ1) is 9.32. The van der Waals surface area contributed by atoms with Crippen molar-refractivity contribution in [2.75, 3.05) is 0 Å². The van der Waals surface area contributed by atoms with Crippen LogP contribution in [0.1, 0.15) is 13.3 Å². The van der Waals surface area contributed by atoms with E-state index in [0.29, 0.717) is 12.4 Å². The number of hydrogen-bond acceptors (Lipinski definition) is 4. The molecule has 2 aromatic rings.